The van der Waals surface area contributed by atoms with Gasteiger partial charge in [-0.25, -0.2) is 14.5 Å². The normalized spacial score (nSPS) is 24.8. The monoisotopic (exact) mass is 920 g/mol. The summed E-state index contributed by atoms with van der Waals surface area (Å²) in [5.41, 5.74) is 12.1. The van der Waals surface area contributed by atoms with E-state index in [4.69, 9.17) is 47.4 Å². The molecule has 2 fully saturated rings. The van der Waals surface area contributed by atoms with Crippen molar-refractivity contribution in [2.75, 3.05) is 26.9 Å². The highest BCUT2D eigenvalue weighted by Gasteiger charge is 2.55. The van der Waals surface area contributed by atoms with E-state index in [2.05, 4.69) is 10.0 Å². The van der Waals surface area contributed by atoms with Crippen LogP contribution in [0, 0.1) is 0 Å². The van der Waals surface area contributed by atoms with Crippen molar-refractivity contribution in [3.63, 3.8) is 0 Å². The molecule has 0 bridgehead atoms. The van der Waals surface area contributed by atoms with Gasteiger partial charge in [-0.2, -0.15) is 0 Å². The molecule has 20 heteroatoms. The fourth-order valence-corrected chi connectivity index (χ4v) is 7.26. The fourth-order valence-electron chi connectivity index (χ4n) is 7.26. The third-order valence-electron chi connectivity index (χ3n) is 10.5. The Balaban J connectivity index is 1.38. The average Bonchev–Trinajstić information content (AvgIpc) is 3.31. The summed E-state index contributed by atoms with van der Waals surface area (Å²) in [5, 5.41) is 15.5. The zero-order chi connectivity index (χ0) is 47.4. The SMILES string of the molecule is COC(=O)[C@@H]1O[C@@H](O[C@H]2[C@H](OCc3ccccc3)[C@@H](N=[N+]=[N-])[C@H](OCCCCCN(C(C)=O)C(=O)OCc3ccccc3)O[C@@H]2COC(C)=O)[C@H](OC(C)=O)[C@@H](OCc2ccccc2)[C@@H]1O. The van der Waals surface area contributed by atoms with E-state index >= 15 is 0 Å². The molecule has 2 aliphatic rings. The molecule has 356 valence electrons. The molecule has 3 aromatic rings. The Bertz CT molecular complexity index is 2060. The third-order valence-corrected chi connectivity index (χ3v) is 10.5. The van der Waals surface area contributed by atoms with Gasteiger partial charge in [-0.3, -0.25) is 14.4 Å². The first kappa shape index (κ1) is 51.0. The van der Waals surface area contributed by atoms with Gasteiger partial charge in [0.15, 0.2) is 24.8 Å². The van der Waals surface area contributed by atoms with Crippen LogP contribution in [0.3, 0.4) is 0 Å². The van der Waals surface area contributed by atoms with E-state index in [1.807, 2.05) is 24.3 Å². The number of aliphatic hydroxyl groups excluding tert-OH is 1. The van der Waals surface area contributed by atoms with Gasteiger partial charge in [0, 0.05) is 38.8 Å². The van der Waals surface area contributed by atoms with Crippen LogP contribution in [0.5, 0.6) is 0 Å². The molecule has 3 aromatic carbocycles. The number of unbranched alkanes of at least 4 members (excludes halogenated alkanes) is 2. The molecule has 0 radical (unpaired) electrons. The van der Waals surface area contributed by atoms with E-state index in [9.17, 15) is 34.6 Å². The van der Waals surface area contributed by atoms with E-state index in [1.54, 1.807) is 66.7 Å². The molecule has 0 spiro atoms. The summed E-state index contributed by atoms with van der Waals surface area (Å²) in [4.78, 5) is 67.2. The second kappa shape index (κ2) is 26.3. The predicted molar refractivity (Wildman–Crippen MR) is 229 cm³/mol. The maximum Gasteiger partial charge on any atom is 0.416 e. The van der Waals surface area contributed by atoms with Crippen molar-refractivity contribution in [3.05, 3.63) is 118 Å². The molecule has 66 heavy (non-hydrogen) atoms. The summed E-state index contributed by atoms with van der Waals surface area (Å²) in [6, 6.07) is 25.7. The maximum absolute atomic E-state index is 13.1. The Labute approximate surface area is 381 Å². The third kappa shape index (κ3) is 15.0. The largest absolute Gasteiger partial charge is 0.467 e. The number of benzene rings is 3. The highest BCUT2D eigenvalue weighted by Crippen LogP contribution is 2.35. The zero-order valence-corrected chi connectivity index (χ0v) is 37.2. The Morgan fingerprint density at radius 3 is 1.83 bits per heavy atom. The van der Waals surface area contributed by atoms with Crippen molar-refractivity contribution in [2.45, 2.75) is 121 Å². The number of hydrogen-bond donors (Lipinski definition) is 1. The lowest BCUT2D eigenvalue weighted by molar-refractivity contribution is -0.350. The van der Waals surface area contributed by atoms with E-state index in [0.717, 1.165) is 30.1 Å². The summed E-state index contributed by atoms with van der Waals surface area (Å²) in [6.07, 6.45) is -12.8. The first-order chi connectivity index (χ1) is 31.9. The van der Waals surface area contributed by atoms with Crippen LogP contribution in [-0.2, 0) is 86.4 Å². The summed E-state index contributed by atoms with van der Waals surface area (Å²) < 4.78 is 59.2. The molecule has 2 aliphatic heterocycles. The number of esters is 3. The van der Waals surface area contributed by atoms with Gasteiger partial charge in [-0.05, 0) is 41.5 Å². The summed E-state index contributed by atoms with van der Waals surface area (Å²) in [6.45, 7) is 3.14. The minimum absolute atomic E-state index is 0.00666. The molecule has 2 saturated heterocycles. The zero-order valence-electron chi connectivity index (χ0n) is 37.2. The van der Waals surface area contributed by atoms with Crippen LogP contribution >= 0.6 is 0 Å². The fraction of sp³-hybridized carbons (Fsp3) is 0.500. The Morgan fingerprint density at radius 1 is 0.697 bits per heavy atom. The number of carbonyl (C=O) groups is 5. The number of azide groups is 1. The van der Waals surface area contributed by atoms with Crippen molar-refractivity contribution in [2.24, 2.45) is 5.11 Å². The topological polar surface area (TPSA) is 250 Å². The van der Waals surface area contributed by atoms with E-state index in [-0.39, 0.29) is 33.0 Å². The number of carbonyl (C=O) groups excluding carboxylic acids is 5. The molecule has 0 saturated carbocycles. The van der Waals surface area contributed by atoms with Gasteiger partial charge in [0.05, 0.1) is 20.3 Å². The Kier molecular flexibility index (Phi) is 20.3. The molecule has 20 nitrogen and oxygen atoms in total. The van der Waals surface area contributed by atoms with Gasteiger partial charge in [0.25, 0.3) is 0 Å². The molecule has 1 N–H and O–H groups in total. The van der Waals surface area contributed by atoms with Gasteiger partial charge in [0.1, 0.15) is 49.8 Å². The molecular formula is C46H56N4O16. The van der Waals surface area contributed by atoms with Crippen LogP contribution in [0.1, 0.15) is 56.7 Å². The molecular weight excluding hydrogens is 865 g/mol. The van der Waals surface area contributed by atoms with E-state index < -0.39 is 97.9 Å². The van der Waals surface area contributed by atoms with E-state index in [1.165, 1.54) is 13.8 Å². The van der Waals surface area contributed by atoms with Gasteiger partial charge in [-0.1, -0.05) is 96.1 Å². The minimum Gasteiger partial charge on any atom is -0.467 e. The van der Waals surface area contributed by atoms with Crippen molar-refractivity contribution in [1.82, 2.24) is 4.90 Å². The van der Waals surface area contributed by atoms with Crippen molar-refractivity contribution in [1.29, 1.82) is 0 Å². The molecule has 0 aromatic heterocycles. The standard InChI is InChI=1S/C46H56N4O16/c1-29(51)50(46(56)62-27-34-21-13-7-14-22-34)23-15-8-16-24-58-44-36(48-49-47)39(60-25-32-17-9-5-10-18-32)38(35(64-44)28-59-30(2)52)65-45-42(63-31(3)53)40(37(54)41(66-45)43(55)57-4)61-26-33-19-11-6-12-20-33/h5-7,9-14,17-22,35-42,44-45,54H,8,15-16,23-28H2,1-4H3/t35-,36-,37+,38-,39-,40+,41-,42-,44-,45-/m1/s1. The molecule has 2 heterocycles. The predicted octanol–water partition coefficient (Wildman–Crippen LogP) is 5.07. The van der Waals surface area contributed by atoms with Gasteiger partial charge >= 0.3 is 24.0 Å². The lowest BCUT2D eigenvalue weighted by atomic mass is 9.95. The number of ether oxygens (including phenoxy) is 10. The number of imide groups is 1. The summed E-state index contributed by atoms with van der Waals surface area (Å²) in [5.74, 6) is -2.94. The molecule has 10 atom stereocenters. The smallest absolute Gasteiger partial charge is 0.416 e. The molecule has 5 rings (SSSR count). The number of rotatable bonds is 22. The van der Waals surface area contributed by atoms with Gasteiger partial charge in [0.2, 0.25) is 5.91 Å². The van der Waals surface area contributed by atoms with Gasteiger partial charge < -0.3 is 52.5 Å². The Morgan fingerprint density at radius 2 is 1.29 bits per heavy atom. The second-order valence-corrected chi connectivity index (χ2v) is 15.3. The van der Waals surface area contributed by atoms with Crippen molar-refractivity contribution < 1.29 is 76.4 Å². The number of hydrogen-bond acceptors (Lipinski definition) is 17. The maximum atomic E-state index is 13.1. The highest BCUT2D eigenvalue weighted by atomic mass is 16.8. The quantitative estimate of drug-likeness (QED) is 0.0345. The van der Waals surface area contributed by atoms with Gasteiger partial charge in [-0.15, -0.1) is 0 Å². The van der Waals surface area contributed by atoms with Crippen molar-refractivity contribution in [3.8, 4) is 0 Å². The molecule has 0 aliphatic carbocycles. The van der Waals surface area contributed by atoms with Crippen LogP contribution in [0.4, 0.5) is 4.79 Å². The number of methoxy groups -OCH3 is 1. The first-order valence-corrected chi connectivity index (χ1v) is 21.4. The Hall–Kier alpha value is -5.96. The second-order valence-electron chi connectivity index (χ2n) is 15.3. The summed E-state index contributed by atoms with van der Waals surface area (Å²) in [7, 11) is 1.10. The molecule has 0 unspecified atom stereocenters. The lowest BCUT2D eigenvalue weighted by Gasteiger charge is -2.48. The number of aliphatic hydroxyl groups is 1. The van der Waals surface area contributed by atoms with Crippen LogP contribution in [-0.4, -0.2) is 128 Å². The van der Waals surface area contributed by atoms with Crippen LogP contribution in [0.15, 0.2) is 96.1 Å². The summed E-state index contributed by atoms with van der Waals surface area (Å²) >= 11 is 0. The number of amides is 2. The average molecular weight is 921 g/mol. The van der Waals surface area contributed by atoms with Crippen LogP contribution < -0.4 is 0 Å². The minimum atomic E-state index is -1.72. The van der Waals surface area contributed by atoms with Crippen LogP contribution in [0.2, 0.25) is 0 Å². The first-order valence-electron chi connectivity index (χ1n) is 21.4. The molecule has 2 amide bonds. The number of nitrogens with zero attached hydrogens (tertiary/aromatic N) is 4. The van der Waals surface area contributed by atoms with E-state index in [0.29, 0.717) is 24.8 Å². The van der Waals surface area contributed by atoms with Crippen molar-refractivity contribution >= 4 is 29.9 Å². The highest BCUT2D eigenvalue weighted by molar-refractivity contribution is 5.90. The lowest BCUT2D eigenvalue weighted by Crippen LogP contribution is -2.66. The van der Waals surface area contributed by atoms with Crippen LogP contribution in [0.25, 0.3) is 10.4 Å².